The van der Waals surface area contributed by atoms with Crippen molar-refractivity contribution in [1.29, 1.82) is 0 Å². The summed E-state index contributed by atoms with van der Waals surface area (Å²) in [6.07, 6.45) is 1.28. The van der Waals surface area contributed by atoms with Gasteiger partial charge in [0.15, 0.2) is 0 Å². The molecule has 1 unspecified atom stereocenters. The Morgan fingerprint density at radius 2 is 1.79 bits per heavy atom. The molecule has 1 saturated heterocycles. The van der Waals surface area contributed by atoms with Gasteiger partial charge in [0.1, 0.15) is 0 Å². The van der Waals surface area contributed by atoms with E-state index in [0.717, 1.165) is 5.56 Å². The Balaban J connectivity index is 1.58. The molecule has 0 aliphatic carbocycles. The molecule has 1 aromatic heterocycles. The van der Waals surface area contributed by atoms with Crippen LogP contribution < -0.4 is 21.8 Å². The van der Waals surface area contributed by atoms with Gasteiger partial charge in [-0.2, -0.15) is 0 Å². The number of nitrogens with one attached hydrogen (secondary N) is 3. The van der Waals surface area contributed by atoms with Crippen LogP contribution in [0.2, 0.25) is 0 Å². The molecule has 0 radical (unpaired) electrons. The zero-order valence-electron chi connectivity index (χ0n) is 18.4. The fraction of sp³-hybridized carbons (Fsp3) is 0.292. The van der Waals surface area contributed by atoms with Crippen LogP contribution in [0.25, 0.3) is 11.0 Å². The molecule has 9 nitrogen and oxygen atoms in total. The van der Waals surface area contributed by atoms with Crippen molar-refractivity contribution >= 4 is 34.4 Å². The Morgan fingerprint density at radius 1 is 1.06 bits per heavy atom. The normalized spacial score (nSPS) is 18.2. The number of carbonyl (C=O) groups excluding carboxylic acids is 3. The van der Waals surface area contributed by atoms with E-state index in [9.17, 15) is 24.0 Å². The van der Waals surface area contributed by atoms with Gasteiger partial charge in [0.2, 0.25) is 11.8 Å². The molecule has 3 aromatic rings. The number of fused-ring (bicyclic) bond motifs is 1. The number of hydrogen-bond donors (Lipinski definition) is 3. The van der Waals surface area contributed by atoms with Crippen LogP contribution in [0.1, 0.15) is 49.0 Å². The molecule has 4 rings (SSSR count). The van der Waals surface area contributed by atoms with E-state index in [1.165, 1.54) is 10.6 Å². The molecule has 2 heterocycles. The number of hydrogen-bond acceptors (Lipinski definition) is 5. The first-order chi connectivity index (χ1) is 15.8. The van der Waals surface area contributed by atoms with Crippen molar-refractivity contribution in [3.05, 3.63) is 74.3 Å². The van der Waals surface area contributed by atoms with Gasteiger partial charge in [-0.25, -0.2) is 0 Å². The number of piperidine rings is 1. The van der Waals surface area contributed by atoms with E-state index in [0.29, 0.717) is 41.7 Å². The molecule has 33 heavy (non-hydrogen) atoms. The SMILES string of the molecule is CCn1c(=O)c(=O)[nH]c2cc(C(=O)Nc3ccc(C4(CC)CCC(=O)NC4=O)cc3)ccc21. The van der Waals surface area contributed by atoms with Crippen molar-refractivity contribution in [2.24, 2.45) is 0 Å². The van der Waals surface area contributed by atoms with Crippen LogP contribution in [0.3, 0.4) is 0 Å². The highest BCUT2D eigenvalue weighted by Crippen LogP contribution is 2.36. The minimum absolute atomic E-state index is 0.263. The summed E-state index contributed by atoms with van der Waals surface area (Å²) in [5, 5.41) is 5.23. The van der Waals surface area contributed by atoms with Gasteiger partial charge in [-0.15, -0.1) is 0 Å². The van der Waals surface area contributed by atoms with E-state index in [1.807, 2.05) is 6.92 Å². The average molecular weight is 448 g/mol. The number of nitrogens with zero attached hydrogens (tertiary/aromatic N) is 1. The van der Waals surface area contributed by atoms with Crippen LogP contribution in [0, 0.1) is 0 Å². The lowest BCUT2D eigenvalue weighted by Crippen LogP contribution is -2.51. The standard InChI is InChI=1S/C24H24N4O5/c1-3-24(12-11-19(29)27-23(24)33)15-6-8-16(9-7-15)25-20(30)14-5-10-18-17(13-14)26-21(31)22(32)28(18)4-2/h5-10,13H,3-4,11-12H2,1-2H3,(H,25,30)(H,26,31)(H,27,29,33). The Labute approximate surface area is 188 Å². The number of aromatic amines is 1. The van der Waals surface area contributed by atoms with Crippen LogP contribution in [0.4, 0.5) is 5.69 Å². The van der Waals surface area contributed by atoms with Crippen molar-refractivity contribution < 1.29 is 14.4 Å². The second-order valence-electron chi connectivity index (χ2n) is 8.08. The fourth-order valence-electron chi connectivity index (χ4n) is 4.38. The molecular formula is C24H24N4O5. The number of anilines is 1. The fourth-order valence-corrected chi connectivity index (χ4v) is 4.38. The lowest BCUT2D eigenvalue weighted by molar-refractivity contribution is -0.138. The van der Waals surface area contributed by atoms with Crippen molar-refractivity contribution in [2.45, 2.75) is 45.1 Å². The smallest absolute Gasteiger partial charge is 0.316 e. The van der Waals surface area contributed by atoms with Gasteiger partial charge in [-0.3, -0.25) is 29.3 Å². The second kappa shape index (κ2) is 8.50. The van der Waals surface area contributed by atoms with Gasteiger partial charge in [0, 0.05) is 24.2 Å². The number of amides is 3. The molecule has 1 fully saturated rings. The highest BCUT2D eigenvalue weighted by atomic mass is 16.2. The summed E-state index contributed by atoms with van der Waals surface area (Å²) in [7, 11) is 0. The second-order valence-corrected chi connectivity index (χ2v) is 8.08. The van der Waals surface area contributed by atoms with Gasteiger partial charge < -0.3 is 14.9 Å². The van der Waals surface area contributed by atoms with Gasteiger partial charge >= 0.3 is 11.1 Å². The number of aromatic nitrogens is 2. The van der Waals surface area contributed by atoms with Crippen molar-refractivity contribution in [1.82, 2.24) is 14.9 Å². The number of H-pyrrole nitrogens is 1. The summed E-state index contributed by atoms with van der Waals surface area (Å²) >= 11 is 0. The lowest BCUT2D eigenvalue weighted by Gasteiger charge is -2.35. The van der Waals surface area contributed by atoms with Crippen LogP contribution in [-0.2, 0) is 21.5 Å². The van der Waals surface area contributed by atoms with Gasteiger partial charge in [0.25, 0.3) is 5.91 Å². The monoisotopic (exact) mass is 448 g/mol. The largest absolute Gasteiger partial charge is 0.322 e. The third kappa shape index (κ3) is 3.86. The summed E-state index contributed by atoms with van der Waals surface area (Å²) in [5.41, 5.74) is 0.431. The number of imide groups is 1. The third-order valence-electron chi connectivity index (χ3n) is 6.32. The van der Waals surface area contributed by atoms with Crippen LogP contribution in [0.15, 0.2) is 52.1 Å². The summed E-state index contributed by atoms with van der Waals surface area (Å²) < 4.78 is 1.35. The van der Waals surface area contributed by atoms with E-state index < -0.39 is 16.5 Å². The van der Waals surface area contributed by atoms with E-state index in [-0.39, 0.29) is 24.1 Å². The predicted octanol–water partition coefficient (Wildman–Crippen LogP) is 2.05. The van der Waals surface area contributed by atoms with Gasteiger partial charge in [-0.05, 0) is 55.7 Å². The molecule has 1 atom stereocenters. The molecule has 1 aliphatic rings. The number of benzene rings is 2. The minimum Gasteiger partial charge on any atom is -0.322 e. The van der Waals surface area contributed by atoms with E-state index in [2.05, 4.69) is 15.6 Å². The predicted molar refractivity (Wildman–Crippen MR) is 123 cm³/mol. The molecule has 2 aromatic carbocycles. The highest BCUT2D eigenvalue weighted by molar-refractivity contribution is 6.06. The quantitative estimate of drug-likeness (QED) is 0.406. The first kappa shape index (κ1) is 22.2. The Morgan fingerprint density at radius 3 is 2.42 bits per heavy atom. The molecule has 170 valence electrons. The molecule has 3 N–H and O–H groups in total. The molecule has 0 bridgehead atoms. The maximum Gasteiger partial charge on any atom is 0.316 e. The zero-order chi connectivity index (χ0) is 23.8. The Bertz CT molecular complexity index is 1390. The lowest BCUT2D eigenvalue weighted by atomic mass is 9.72. The summed E-state index contributed by atoms with van der Waals surface area (Å²) in [6.45, 7) is 4.01. The molecule has 0 spiro atoms. The van der Waals surface area contributed by atoms with E-state index in [1.54, 1.807) is 43.3 Å². The summed E-state index contributed by atoms with van der Waals surface area (Å²) in [6, 6.07) is 11.7. The maximum atomic E-state index is 12.8. The van der Waals surface area contributed by atoms with E-state index >= 15 is 0 Å². The minimum atomic E-state index is -0.768. The van der Waals surface area contributed by atoms with Crippen LogP contribution in [-0.4, -0.2) is 27.3 Å². The van der Waals surface area contributed by atoms with Crippen molar-refractivity contribution in [3.8, 4) is 0 Å². The summed E-state index contributed by atoms with van der Waals surface area (Å²) in [4.78, 5) is 63.3. The highest BCUT2D eigenvalue weighted by Gasteiger charge is 2.42. The maximum absolute atomic E-state index is 12.8. The van der Waals surface area contributed by atoms with Gasteiger partial charge in [0.05, 0.1) is 16.4 Å². The number of carbonyl (C=O) groups is 3. The molecule has 3 amide bonds. The summed E-state index contributed by atoms with van der Waals surface area (Å²) in [5.74, 6) is -0.944. The van der Waals surface area contributed by atoms with Crippen LogP contribution in [0.5, 0.6) is 0 Å². The molecular weight excluding hydrogens is 424 g/mol. The zero-order valence-corrected chi connectivity index (χ0v) is 18.4. The van der Waals surface area contributed by atoms with Crippen LogP contribution >= 0.6 is 0 Å². The number of rotatable bonds is 5. The first-order valence-electron chi connectivity index (χ1n) is 10.8. The molecule has 9 heteroatoms. The van der Waals surface area contributed by atoms with Gasteiger partial charge in [-0.1, -0.05) is 19.1 Å². The van der Waals surface area contributed by atoms with E-state index in [4.69, 9.17) is 0 Å². The Hall–Kier alpha value is -4.01. The topological polar surface area (TPSA) is 130 Å². The number of aryl methyl sites for hydroxylation is 1. The molecule has 0 saturated carbocycles. The van der Waals surface area contributed by atoms with Crippen molar-refractivity contribution in [2.75, 3.05) is 5.32 Å². The van der Waals surface area contributed by atoms with Crippen molar-refractivity contribution in [3.63, 3.8) is 0 Å². The third-order valence-corrected chi connectivity index (χ3v) is 6.32. The first-order valence-corrected chi connectivity index (χ1v) is 10.8. The Kier molecular flexibility index (Phi) is 5.71. The average Bonchev–Trinajstić information content (AvgIpc) is 2.81. The molecule has 1 aliphatic heterocycles.